The molecule has 0 spiro atoms. The lowest BCUT2D eigenvalue weighted by molar-refractivity contribution is 0.491. The molecular weight excluding hydrogens is 378 g/mol. The highest BCUT2D eigenvalue weighted by atomic mass is 79.9. The Morgan fingerprint density at radius 3 is 2.80 bits per heavy atom. The van der Waals surface area contributed by atoms with Gasteiger partial charge in [-0.05, 0) is 55.0 Å². The van der Waals surface area contributed by atoms with Gasteiger partial charge < -0.3 is 14.7 Å². The molecule has 4 nitrogen and oxygen atoms in total. The number of para-hydroxylation sites is 2. The Labute approximate surface area is 154 Å². The number of aryl methyl sites for hydroxylation is 1. The second-order valence-corrected chi connectivity index (χ2v) is 6.95. The van der Waals surface area contributed by atoms with E-state index in [2.05, 4.69) is 50.3 Å². The highest BCUT2D eigenvalue weighted by Crippen LogP contribution is 2.27. The predicted octanol–water partition coefficient (Wildman–Crippen LogP) is 5.18. The van der Waals surface area contributed by atoms with E-state index in [-0.39, 0.29) is 0 Å². The number of furan rings is 1. The van der Waals surface area contributed by atoms with Crippen LogP contribution in [0.4, 0.5) is 0 Å². The summed E-state index contributed by atoms with van der Waals surface area (Å²) in [6.45, 7) is 3.41. The summed E-state index contributed by atoms with van der Waals surface area (Å²) >= 11 is 3.49. The lowest BCUT2D eigenvalue weighted by atomic mass is 10.1. The van der Waals surface area contributed by atoms with Gasteiger partial charge in [-0.2, -0.15) is 0 Å². The van der Waals surface area contributed by atoms with E-state index in [9.17, 15) is 0 Å². The monoisotopic (exact) mass is 395 g/mol. The van der Waals surface area contributed by atoms with Crippen molar-refractivity contribution >= 4 is 27.0 Å². The van der Waals surface area contributed by atoms with Crippen molar-refractivity contribution in [2.24, 2.45) is 0 Å². The number of aromatic amines is 1. The first-order chi connectivity index (χ1) is 12.2. The van der Waals surface area contributed by atoms with Gasteiger partial charge in [0, 0.05) is 10.0 Å². The molecule has 0 bridgehead atoms. The predicted molar refractivity (Wildman–Crippen MR) is 103 cm³/mol. The molecule has 126 valence electrons. The molecule has 0 fully saturated rings. The first kappa shape index (κ1) is 16.1. The Balaban J connectivity index is 1.41. The van der Waals surface area contributed by atoms with Gasteiger partial charge in [0.05, 0.1) is 24.1 Å². The number of fused-ring (bicyclic) bond motifs is 1. The van der Waals surface area contributed by atoms with Gasteiger partial charge >= 0.3 is 0 Å². The molecule has 0 unspecified atom stereocenters. The topological polar surface area (TPSA) is 53.9 Å². The van der Waals surface area contributed by atoms with Gasteiger partial charge in [0.2, 0.25) is 0 Å². The second kappa shape index (κ2) is 6.86. The molecule has 0 aliphatic rings. The van der Waals surface area contributed by atoms with Crippen molar-refractivity contribution in [2.45, 2.75) is 20.0 Å². The molecule has 4 rings (SSSR count). The molecule has 2 heterocycles. The number of benzene rings is 2. The van der Waals surface area contributed by atoms with Gasteiger partial charge in [-0.15, -0.1) is 0 Å². The number of nitrogens with zero attached hydrogens (tertiary/aromatic N) is 1. The minimum Gasteiger partial charge on any atom is -0.460 e. The molecule has 4 aromatic rings. The van der Waals surface area contributed by atoms with E-state index < -0.39 is 0 Å². The Morgan fingerprint density at radius 1 is 1.08 bits per heavy atom. The molecular formula is C20H18BrN3O. The van der Waals surface area contributed by atoms with E-state index in [1.165, 1.54) is 5.56 Å². The minimum atomic E-state index is 0.659. The van der Waals surface area contributed by atoms with Crippen molar-refractivity contribution in [2.75, 3.05) is 0 Å². The summed E-state index contributed by atoms with van der Waals surface area (Å²) in [6, 6.07) is 18.3. The first-order valence-electron chi connectivity index (χ1n) is 8.18. The van der Waals surface area contributed by atoms with Crippen molar-refractivity contribution < 1.29 is 4.42 Å². The maximum atomic E-state index is 5.98. The number of halogens is 1. The zero-order valence-corrected chi connectivity index (χ0v) is 15.4. The molecule has 2 aromatic heterocycles. The van der Waals surface area contributed by atoms with Crippen LogP contribution in [0.25, 0.3) is 22.4 Å². The van der Waals surface area contributed by atoms with Gasteiger partial charge in [-0.3, -0.25) is 0 Å². The lowest BCUT2D eigenvalue weighted by Crippen LogP contribution is -2.13. The summed E-state index contributed by atoms with van der Waals surface area (Å²) in [5, 5.41) is 3.37. The van der Waals surface area contributed by atoms with Gasteiger partial charge in [-0.25, -0.2) is 4.98 Å². The van der Waals surface area contributed by atoms with E-state index in [4.69, 9.17) is 4.42 Å². The maximum Gasteiger partial charge on any atom is 0.134 e. The van der Waals surface area contributed by atoms with Crippen molar-refractivity contribution in [3.8, 4) is 11.3 Å². The Morgan fingerprint density at radius 2 is 1.96 bits per heavy atom. The zero-order chi connectivity index (χ0) is 17.2. The minimum absolute atomic E-state index is 0.659. The van der Waals surface area contributed by atoms with Crippen LogP contribution in [0, 0.1) is 6.92 Å². The van der Waals surface area contributed by atoms with E-state index in [0.29, 0.717) is 13.1 Å². The Hall–Kier alpha value is -2.37. The summed E-state index contributed by atoms with van der Waals surface area (Å²) in [6.07, 6.45) is 0. The number of aromatic nitrogens is 2. The quantitative estimate of drug-likeness (QED) is 0.489. The van der Waals surface area contributed by atoms with Gasteiger partial charge in [0.1, 0.15) is 17.3 Å². The van der Waals surface area contributed by atoms with Gasteiger partial charge in [-0.1, -0.05) is 28.1 Å². The number of nitrogens with one attached hydrogen (secondary N) is 2. The fourth-order valence-electron chi connectivity index (χ4n) is 2.91. The molecule has 0 saturated heterocycles. The third kappa shape index (κ3) is 3.52. The smallest absolute Gasteiger partial charge is 0.134 e. The molecule has 0 atom stereocenters. The molecule has 2 N–H and O–H groups in total. The molecule has 25 heavy (non-hydrogen) atoms. The van der Waals surface area contributed by atoms with Crippen LogP contribution in [0.2, 0.25) is 0 Å². The van der Waals surface area contributed by atoms with E-state index in [0.717, 1.165) is 38.4 Å². The van der Waals surface area contributed by atoms with Gasteiger partial charge in [0.15, 0.2) is 0 Å². The molecule has 0 amide bonds. The zero-order valence-electron chi connectivity index (χ0n) is 13.8. The summed E-state index contributed by atoms with van der Waals surface area (Å²) in [7, 11) is 0. The van der Waals surface area contributed by atoms with E-state index >= 15 is 0 Å². The molecule has 0 aliphatic carbocycles. The number of hydrogen-bond donors (Lipinski definition) is 2. The number of H-pyrrole nitrogens is 1. The summed E-state index contributed by atoms with van der Waals surface area (Å²) < 4.78 is 7.06. The standard InChI is InChI=1S/C20H18BrN3O/c1-13-10-14(21)6-8-16(13)19-9-7-15(25-19)11-22-12-20-23-17-4-2-3-5-18(17)24-20/h2-10,22H,11-12H2,1H3,(H,23,24). The highest BCUT2D eigenvalue weighted by molar-refractivity contribution is 9.10. The van der Waals surface area contributed by atoms with Crippen LogP contribution in [-0.2, 0) is 13.1 Å². The van der Waals surface area contributed by atoms with Crippen molar-refractivity contribution in [1.82, 2.24) is 15.3 Å². The Kier molecular flexibility index (Phi) is 4.42. The van der Waals surface area contributed by atoms with Crippen molar-refractivity contribution in [3.05, 3.63) is 76.2 Å². The van der Waals surface area contributed by atoms with Crippen LogP contribution in [0.5, 0.6) is 0 Å². The second-order valence-electron chi connectivity index (χ2n) is 6.03. The SMILES string of the molecule is Cc1cc(Br)ccc1-c1ccc(CNCc2nc3ccccc3[nH]2)o1. The third-order valence-electron chi connectivity index (χ3n) is 4.15. The summed E-state index contributed by atoms with van der Waals surface area (Å²) in [4.78, 5) is 7.88. The number of imidazole rings is 1. The van der Waals surface area contributed by atoms with Crippen LogP contribution >= 0.6 is 15.9 Å². The number of hydrogen-bond acceptors (Lipinski definition) is 3. The molecule has 0 radical (unpaired) electrons. The van der Waals surface area contributed by atoms with Gasteiger partial charge in [0.25, 0.3) is 0 Å². The van der Waals surface area contributed by atoms with Crippen LogP contribution in [-0.4, -0.2) is 9.97 Å². The summed E-state index contributed by atoms with van der Waals surface area (Å²) in [5.41, 5.74) is 4.35. The van der Waals surface area contributed by atoms with Crippen LogP contribution < -0.4 is 5.32 Å². The maximum absolute atomic E-state index is 5.98. The van der Waals surface area contributed by atoms with Crippen LogP contribution in [0.15, 0.2) is 63.5 Å². The molecule has 2 aromatic carbocycles. The summed E-state index contributed by atoms with van der Waals surface area (Å²) in [5.74, 6) is 2.73. The normalized spacial score (nSPS) is 11.3. The highest BCUT2D eigenvalue weighted by Gasteiger charge is 2.08. The van der Waals surface area contributed by atoms with E-state index in [1.54, 1.807) is 0 Å². The lowest BCUT2D eigenvalue weighted by Gasteiger charge is -2.03. The largest absolute Gasteiger partial charge is 0.460 e. The fourth-order valence-corrected chi connectivity index (χ4v) is 3.39. The van der Waals surface area contributed by atoms with E-state index in [1.807, 2.05) is 42.5 Å². The third-order valence-corrected chi connectivity index (χ3v) is 4.64. The number of rotatable bonds is 5. The first-order valence-corrected chi connectivity index (χ1v) is 8.98. The average molecular weight is 396 g/mol. The molecule has 0 saturated carbocycles. The van der Waals surface area contributed by atoms with Crippen LogP contribution in [0.1, 0.15) is 17.1 Å². The van der Waals surface area contributed by atoms with Crippen LogP contribution in [0.3, 0.4) is 0 Å². The fraction of sp³-hybridized carbons (Fsp3) is 0.150. The molecule has 5 heteroatoms. The van der Waals surface area contributed by atoms with Crippen molar-refractivity contribution in [1.29, 1.82) is 0 Å². The Bertz CT molecular complexity index is 986. The molecule has 0 aliphatic heterocycles. The van der Waals surface area contributed by atoms with Crippen molar-refractivity contribution in [3.63, 3.8) is 0 Å². The average Bonchev–Trinajstić information content (AvgIpc) is 3.21.